The number of ketones is 1. The number of fused-ring (bicyclic) bond motifs is 1. The van der Waals surface area contributed by atoms with E-state index in [-0.39, 0.29) is 18.1 Å². The number of methoxy groups -OCH3 is 1. The monoisotopic (exact) mass is 372 g/mol. The van der Waals surface area contributed by atoms with Gasteiger partial charge in [-0.1, -0.05) is 6.92 Å². The Morgan fingerprint density at radius 3 is 2.56 bits per heavy atom. The fourth-order valence-electron chi connectivity index (χ4n) is 3.24. The molecule has 0 spiro atoms. The van der Waals surface area contributed by atoms with Gasteiger partial charge in [0.05, 0.1) is 24.6 Å². The number of rotatable bonds is 5. The van der Waals surface area contributed by atoms with E-state index < -0.39 is 11.9 Å². The van der Waals surface area contributed by atoms with Crippen molar-refractivity contribution in [3.05, 3.63) is 23.8 Å². The Hall–Kier alpha value is -2.90. The van der Waals surface area contributed by atoms with E-state index in [1.54, 1.807) is 32.0 Å². The first-order valence-corrected chi connectivity index (χ1v) is 9.00. The fraction of sp³-hybridized carbons (Fsp3) is 0.474. The number of amides is 1. The summed E-state index contributed by atoms with van der Waals surface area (Å²) in [6, 6.07) is 5.31. The van der Waals surface area contributed by atoms with Gasteiger partial charge in [-0.15, -0.1) is 0 Å². The molecule has 1 amide bonds. The van der Waals surface area contributed by atoms with Crippen molar-refractivity contribution >= 4 is 34.6 Å². The molecule has 1 aromatic carbocycles. The molecule has 8 heteroatoms. The average molecular weight is 372 g/mol. The van der Waals surface area contributed by atoms with Crippen molar-refractivity contribution in [1.82, 2.24) is 14.9 Å². The Morgan fingerprint density at radius 1 is 1.22 bits per heavy atom. The van der Waals surface area contributed by atoms with Gasteiger partial charge in [-0.2, -0.15) is 0 Å². The highest BCUT2D eigenvalue weighted by atomic mass is 16.5. The van der Waals surface area contributed by atoms with Crippen molar-refractivity contribution in [2.24, 2.45) is 5.92 Å². The maximum Gasteiger partial charge on any atom is 0.306 e. The lowest BCUT2D eigenvalue weighted by Gasteiger charge is -2.33. The number of hydrogen-bond acceptors (Lipinski definition) is 6. The van der Waals surface area contributed by atoms with Gasteiger partial charge >= 0.3 is 5.97 Å². The van der Waals surface area contributed by atoms with Crippen molar-refractivity contribution in [2.75, 3.05) is 38.2 Å². The number of hydrogen-bond donors (Lipinski definition) is 1. The lowest BCUT2D eigenvalue weighted by atomic mass is 9.96. The van der Waals surface area contributed by atoms with E-state index in [1.807, 2.05) is 4.90 Å². The third-order valence-corrected chi connectivity index (χ3v) is 4.93. The van der Waals surface area contributed by atoms with E-state index in [0.29, 0.717) is 31.7 Å². The molecule has 0 radical (unpaired) electrons. The van der Waals surface area contributed by atoms with E-state index in [2.05, 4.69) is 19.6 Å². The molecule has 1 aromatic heterocycles. The summed E-state index contributed by atoms with van der Waals surface area (Å²) in [4.78, 5) is 47.2. The second-order valence-corrected chi connectivity index (χ2v) is 6.83. The van der Waals surface area contributed by atoms with Gasteiger partial charge in [0, 0.05) is 44.6 Å². The summed E-state index contributed by atoms with van der Waals surface area (Å²) in [6.45, 7) is 6.05. The summed E-state index contributed by atoms with van der Waals surface area (Å²) >= 11 is 0. The number of carbonyl (C=O) groups is 3. The van der Waals surface area contributed by atoms with Gasteiger partial charge in [-0.25, -0.2) is 4.98 Å². The molecule has 1 aliphatic rings. The summed E-state index contributed by atoms with van der Waals surface area (Å²) < 4.78 is 4.63. The molecule has 0 aliphatic carbocycles. The van der Waals surface area contributed by atoms with E-state index >= 15 is 0 Å². The number of aromatic nitrogens is 2. The summed E-state index contributed by atoms with van der Waals surface area (Å²) in [5, 5.41) is 0. The first kappa shape index (κ1) is 18.9. The Morgan fingerprint density at radius 2 is 1.93 bits per heavy atom. The van der Waals surface area contributed by atoms with Gasteiger partial charge in [0.1, 0.15) is 0 Å². The van der Waals surface area contributed by atoms with Crippen LogP contribution in [-0.4, -0.2) is 65.8 Å². The lowest BCUT2D eigenvalue weighted by Crippen LogP contribution is -2.48. The average Bonchev–Trinajstić information content (AvgIpc) is 3.10. The number of esters is 1. The van der Waals surface area contributed by atoms with Crippen LogP contribution in [0.25, 0.3) is 11.0 Å². The molecule has 2 heterocycles. The Bertz CT molecular complexity index is 868. The van der Waals surface area contributed by atoms with Crippen LogP contribution in [0.2, 0.25) is 0 Å². The summed E-state index contributed by atoms with van der Waals surface area (Å²) in [5.41, 5.74) is 2.08. The van der Waals surface area contributed by atoms with Crippen molar-refractivity contribution < 1.29 is 19.1 Å². The van der Waals surface area contributed by atoms with Crippen LogP contribution in [0.4, 0.5) is 5.95 Å². The molecule has 1 N–H and O–H groups in total. The summed E-state index contributed by atoms with van der Waals surface area (Å²) in [6.07, 6.45) is 0.0576. The maximum atomic E-state index is 12.6. The zero-order chi connectivity index (χ0) is 19.6. The van der Waals surface area contributed by atoms with E-state index in [4.69, 9.17) is 0 Å². The highest BCUT2D eigenvalue weighted by Crippen LogP contribution is 2.22. The standard InChI is InChI=1S/C19H24N4O4/c1-12(10-17(25)27-3)18(26)14-4-5-15-16(11-14)21-19(20-15)23-8-6-22(7-9-23)13(2)24/h4-5,11-12H,6-10H2,1-3H3,(H,20,21). The molecule has 144 valence electrons. The van der Waals surface area contributed by atoms with Crippen LogP contribution in [0.1, 0.15) is 30.6 Å². The third kappa shape index (κ3) is 4.10. The smallest absolute Gasteiger partial charge is 0.306 e. The van der Waals surface area contributed by atoms with Gasteiger partial charge in [0.15, 0.2) is 5.78 Å². The second-order valence-electron chi connectivity index (χ2n) is 6.83. The molecule has 3 rings (SSSR count). The predicted molar refractivity (Wildman–Crippen MR) is 101 cm³/mol. The molecular formula is C19H24N4O4. The topological polar surface area (TPSA) is 95.6 Å². The van der Waals surface area contributed by atoms with Crippen LogP contribution in [0.3, 0.4) is 0 Å². The molecular weight excluding hydrogens is 348 g/mol. The SMILES string of the molecule is COC(=O)CC(C)C(=O)c1ccc2nc(N3CCN(C(C)=O)CC3)[nH]c2c1. The van der Waals surface area contributed by atoms with Crippen molar-refractivity contribution in [3.63, 3.8) is 0 Å². The largest absolute Gasteiger partial charge is 0.469 e. The number of nitrogens with one attached hydrogen (secondary N) is 1. The molecule has 1 aliphatic heterocycles. The lowest BCUT2D eigenvalue weighted by molar-refractivity contribution is -0.141. The molecule has 0 bridgehead atoms. The second kappa shape index (κ2) is 7.77. The van der Waals surface area contributed by atoms with Crippen molar-refractivity contribution in [3.8, 4) is 0 Å². The van der Waals surface area contributed by atoms with Crippen molar-refractivity contribution in [1.29, 1.82) is 0 Å². The minimum absolute atomic E-state index is 0.0576. The number of nitrogens with zero attached hydrogens (tertiary/aromatic N) is 3. The van der Waals surface area contributed by atoms with Gasteiger partial charge in [-0.05, 0) is 18.2 Å². The number of piperazine rings is 1. The number of ether oxygens (including phenoxy) is 1. The van der Waals surface area contributed by atoms with E-state index in [9.17, 15) is 14.4 Å². The molecule has 1 atom stereocenters. The highest BCUT2D eigenvalue weighted by molar-refractivity contribution is 6.01. The summed E-state index contributed by atoms with van der Waals surface area (Å²) in [5.74, 6) is -0.125. The number of imidazole rings is 1. The number of anilines is 1. The van der Waals surface area contributed by atoms with E-state index in [0.717, 1.165) is 17.0 Å². The van der Waals surface area contributed by atoms with Crippen molar-refractivity contribution in [2.45, 2.75) is 20.3 Å². The quantitative estimate of drug-likeness (QED) is 0.633. The Kier molecular flexibility index (Phi) is 5.43. The van der Waals surface area contributed by atoms with Crippen LogP contribution in [0.5, 0.6) is 0 Å². The minimum Gasteiger partial charge on any atom is -0.469 e. The van der Waals surface area contributed by atoms with Gasteiger partial charge < -0.3 is 19.5 Å². The molecule has 2 aromatic rings. The molecule has 1 fully saturated rings. The maximum absolute atomic E-state index is 12.6. The first-order chi connectivity index (χ1) is 12.9. The molecule has 0 saturated carbocycles. The fourth-order valence-corrected chi connectivity index (χ4v) is 3.24. The Balaban J connectivity index is 1.74. The van der Waals surface area contributed by atoms with Crippen LogP contribution >= 0.6 is 0 Å². The molecule has 1 saturated heterocycles. The minimum atomic E-state index is -0.447. The van der Waals surface area contributed by atoms with E-state index in [1.165, 1.54) is 7.11 Å². The van der Waals surface area contributed by atoms with Gasteiger partial charge in [0.25, 0.3) is 0 Å². The number of aromatic amines is 1. The Labute approximate surface area is 157 Å². The van der Waals surface area contributed by atoms with Gasteiger partial charge in [-0.3, -0.25) is 14.4 Å². The molecule has 1 unspecified atom stereocenters. The highest BCUT2D eigenvalue weighted by Gasteiger charge is 2.22. The number of H-pyrrole nitrogens is 1. The molecule has 27 heavy (non-hydrogen) atoms. The normalized spacial score (nSPS) is 15.7. The van der Waals surface area contributed by atoms with Crippen LogP contribution in [-0.2, 0) is 14.3 Å². The zero-order valence-electron chi connectivity index (χ0n) is 15.8. The number of carbonyl (C=O) groups excluding carboxylic acids is 3. The van der Waals surface area contributed by atoms with Crippen LogP contribution < -0.4 is 4.90 Å². The predicted octanol–water partition coefficient (Wildman–Crippen LogP) is 1.61. The zero-order valence-corrected chi connectivity index (χ0v) is 15.8. The van der Waals surface area contributed by atoms with Gasteiger partial charge in [0.2, 0.25) is 11.9 Å². The number of benzene rings is 1. The van der Waals surface area contributed by atoms with Crippen LogP contribution in [0.15, 0.2) is 18.2 Å². The van der Waals surface area contributed by atoms with Crippen LogP contribution in [0, 0.1) is 5.92 Å². The third-order valence-electron chi connectivity index (χ3n) is 4.93. The number of Topliss-reactive ketones (excluding diaryl/α,β-unsaturated/α-hetero) is 1. The molecule has 8 nitrogen and oxygen atoms in total. The summed E-state index contributed by atoms with van der Waals surface area (Å²) in [7, 11) is 1.31. The first-order valence-electron chi connectivity index (χ1n) is 9.00.